The van der Waals surface area contributed by atoms with Crippen LogP contribution in [0.2, 0.25) is 0 Å². The van der Waals surface area contributed by atoms with E-state index in [1.165, 1.54) is 0 Å². The van der Waals surface area contributed by atoms with Crippen LogP contribution < -0.4 is 4.74 Å². The first-order chi connectivity index (χ1) is 11.0. The van der Waals surface area contributed by atoms with E-state index < -0.39 is 0 Å². The van der Waals surface area contributed by atoms with Crippen LogP contribution >= 0.6 is 0 Å². The second kappa shape index (κ2) is 8.13. The Hall–Kier alpha value is -2.62. The molecule has 0 aliphatic heterocycles. The third-order valence-electron chi connectivity index (χ3n) is 3.47. The summed E-state index contributed by atoms with van der Waals surface area (Å²) >= 11 is 0. The molecule has 0 aliphatic rings. The maximum atomic E-state index is 11.8. The first-order valence-electron chi connectivity index (χ1n) is 7.60. The molecule has 0 fully saturated rings. The van der Waals surface area contributed by atoms with E-state index in [4.69, 9.17) is 4.74 Å². The third-order valence-corrected chi connectivity index (χ3v) is 3.47. The molecule has 1 N–H and O–H groups in total. The Labute approximate surface area is 135 Å². The first-order valence-corrected chi connectivity index (χ1v) is 7.60. The number of ether oxygens (including phenoxy) is 1. The lowest BCUT2D eigenvalue weighted by Gasteiger charge is -2.06. The zero-order chi connectivity index (χ0) is 16.7. The van der Waals surface area contributed by atoms with E-state index in [0.717, 1.165) is 11.1 Å². The third kappa shape index (κ3) is 5.94. The summed E-state index contributed by atoms with van der Waals surface area (Å²) < 4.78 is 5.29. The lowest BCUT2D eigenvalue weighted by Crippen LogP contribution is -2.09. The van der Waals surface area contributed by atoms with Gasteiger partial charge in [0.25, 0.3) is 0 Å². The SMILES string of the molecule is CC(=O)CCc1ccc(OC(=O)CCc2ccc(O)cc2)cc1. The van der Waals surface area contributed by atoms with E-state index in [2.05, 4.69) is 0 Å². The number of rotatable bonds is 7. The molecule has 0 unspecified atom stereocenters. The number of aromatic hydroxyl groups is 1. The van der Waals surface area contributed by atoms with Gasteiger partial charge >= 0.3 is 5.97 Å². The Bertz CT molecular complexity index is 657. The number of phenols is 1. The summed E-state index contributed by atoms with van der Waals surface area (Å²) in [6.07, 6.45) is 2.06. The molecule has 0 radical (unpaired) electrons. The molecule has 0 bridgehead atoms. The van der Waals surface area contributed by atoms with Crippen LogP contribution in [-0.4, -0.2) is 16.9 Å². The Kier molecular flexibility index (Phi) is 5.92. The minimum atomic E-state index is -0.297. The van der Waals surface area contributed by atoms with Crippen LogP contribution in [-0.2, 0) is 22.4 Å². The van der Waals surface area contributed by atoms with Crippen molar-refractivity contribution in [2.24, 2.45) is 0 Å². The predicted octanol–water partition coefficient (Wildman–Crippen LogP) is 3.45. The minimum Gasteiger partial charge on any atom is -0.508 e. The van der Waals surface area contributed by atoms with Crippen LogP contribution in [0.1, 0.15) is 30.9 Å². The van der Waals surface area contributed by atoms with Crippen LogP contribution in [0.15, 0.2) is 48.5 Å². The first kappa shape index (κ1) is 16.7. The number of phenolic OH excluding ortho intramolecular Hbond substituents is 1. The van der Waals surface area contributed by atoms with Crippen molar-refractivity contribution in [2.75, 3.05) is 0 Å². The number of benzene rings is 2. The molecule has 0 saturated heterocycles. The van der Waals surface area contributed by atoms with Crippen molar-refractivity contribution in [3.63, 3.8) is 0 Å². The highest BCUT2D eigenvalue weighted by molar-refractivity contribution is 5.75. The Morgan fingerprint density at radius 2 is 1.39 bits per heavy atom. The molecule has 0 aromatic heterocycles. The van der Waals surface area contributed by atoms with Crippen LogP contribution in [0.4, 0.5) is 0 Å². The number of hydrogen-bond acceptors (Lipinski definition) is 4. The fraction of sp³-hybridized carbons (Fsp3) is 0.263. The normalized spacial score (nSPS) is 10.3. The van der Waals surface area contributed by atoms with Crippen molar-refractivity contribution >= 4 is 11.8 Å². The van der Waals surface area contributed by atoms with Gasteiger partial charge in [0, 0.05) is 12.8 Å². The van der Waals surface area contributed by atoms with Gasteiger partial charge in [-0.3, -0.25) is 4.79 Å². The highest BCUT2D eigenvalue weighted by Crippen LogP contribution is 2.15. The van der Waals surface area contributed by atoms with Gasteiger partial charge in [0.05, 0.1) is 0 Å². The molecular formula is C19H20O4. The van der Waals surface area contributed by atoms with Crippen molar-refractivity contribution in [1.82, 2.24) is 0 Å². The molecule has 2 rings (SSSR count). The monoisotopic (exact) mass is 312 g/mol. The van der Waals surface area contributed by atoms with Gasteiger partial charge < -0.3 is 14.6 Å². The van der Waals surface area contributed by atoms with E-state index in [9.17, 15) is 14.7 Å². The number of esters is 1. The quantitative estimate of drug-likeness (QED) is 0.628. The van der Waals surface area contributed by atoms with Crippen molar-refractivity contribution in [1.29, 1.82) is 0 Å². The van der Waals surface area contributed by atoms with Crippen molar-refractivity contribution in [3.8, 4) is 11.5 Å². The highest BCUT2D eigenvalue weighted by atomic mass is 16.5. The number of carbonyl (C=O) groups excluding carboxylic acids is 2. The fourth-order valence-electron chi connectivity index (χ4n) is 2.14. The van der Waals surface area contributed by atoms with Crippen molar-refractivity contribution in [2.45, 2.75) is 32.6 Å². The largest absolute Gasteiger partial charge is 0.508 e. The molecule has 2 aromatic rings. The van der Waals surface area contributed by atoms with E-state index in [1.54, 1.807) is 43.3 Å². The molecule has 0 amide bonds. The molecule has 0 atom stereocenters. The number of Topliss-reactive ketones (excluding diaryl/α,β-unsaturated/α-hetero) is 1. The molecule has 120 valence electrons. The second-order valence-electron chi connectivity index (χ2n) is 5.49. The lowest BCUT2D eigenvalue weighted by molar-refractivity contribution is -0.134. The number of hydrogen-bond donors (Lipinski definition) is 1. The molecule has 23 heavy (non-hydrogen) atoms. The van der Waals surface area contributed by atoms with Crippen LogP contribution in [0, 0.1) is 0 Å². The van der Waals surface area contributed by atoms with Gasteiger partial charge in [-0.2, -0.15) is 0 Å². The zero-order valence-corrected chi connectivity index (χ0v) is 13.1. The number of aryl methyl sites for hydroxylation is 2. The minimum absolute atomic E-state index is 0.162. The molecule has 0 heterocycles. The molecule has 0 aliphatic carbocycles. The van der Waals surface area contributed by atoms with E-state index >= 15 is 0 Å². The molecule has 0 spiro atoms. The Morgan fingerprint density at radius 3 is 1.96 bits per heavy atom. The van der Waals surface area contributed by atoms with Gasteiger partial charge in [0.1, 0.15) is 17.3 Å². The average molecular weight is 312 g/mol. The Balaban J connectivity index is 1.80. The maximum absolute atomic E-state index is 11.8. The van der Waals surface area contributed by atoms with Gasteiger partial charge in [-0.1, -0.05) is 24.3 Å². The van der Waals surface area contributed by atoms with Crippen molar-refractivity contribution < 1.29 is 19.4 Å². The second-order valence-corrected chi connectivity index (χ2v) is 5.49. The molecule has 4 nitrogen and oxygen atoms in total. The smallest absolute Gasteiger partial charge is 0.311 e. The average Bonchev–Trinajstić information content (AvgIpc) is 2.53. The van der Waals surface area contributed by atoms with Gasteiger partial charge in [0.15, 0.2) is 0 Å². The molecule has 4 heteroatoms. The molecule has 2 aromatic carbocycles. The maximum Gasteiger partial charge on any atom is 0.311 e. The fourth-order valence-corrected chi connectivity index (χ4v) is 2.14. The van der Waals surface area contributed by atoms with E-state index in [1.807, 2.05) is 12.1 Å². The van der Waals surface area contributed by atoms with Gasteiger partial charge in [-0.25, -0.2) is 0 Å². The van der Waals surface area contributed by atoms with Crippen molar-refractivity contribution in [3.05, 3.63) is 59.7 Å². The summed E-state index contributed by atoms with van der Waals surface area (Å²) in [6, 6.07) is 14.0. The summed E-state index contributed by atoms with van der Waals surface area (Å²) in [4.78, 5) is 22.8. The van der Waals surface area contributed by atoms with Gasteiger partial charge in [-0.05, 0) is 55.2 Å². The van der Waals surface area contributed by atoms with Gasteiger partial charge in [-0.15, -0.1) is 0 Å². The number of ketones is 1. The molecule has 0 saturated carbocycles. The summed E-state index contributed by atoms with van der Waals surface area (Å²) in [5.74, 6) is 0.581. The molecular weight excluding hydrogens is 292 g/mol. The highest BCUT2D eigenvalue weighted by Gasteiger charge is 2.06. The van der Waals surface area contributed by atoms with Crippen LogP contribution in [0.25, 0.3) is 0 Å². The standard InChI is InChI=1S/C19H20O4/c1-14(20)2-3-15-6-11-18(12-7-15)23-19(22)13-8-16-4-9-17(21)10-5-16/h4-7,9-12,21H,2-3,8,13H2,1H3. The number of carbonyl (C=O) groups is 2. The van der Waals surface area contributed by atoms with E-state index in [-0.39, 0.29) is 23.9 Å². The van der Waals surface area contributed by atoms with Crippen LogP contribution in [0.3, 0.4) is 0 Å². The van der Waals surface area contributed by atoms with E-state index in [0.29, 0.717) is 25.0 Å². The summed E-state index contributed by atoms with van der Waals surface area (Å²) in [5, 5.41) is 9.21. The summed E-state index contributed by atoms with van der Waals surface area (Å²) in [6.45, 7) is 1.57. The topological polar surface area (TPSA) is 63.6 Å². The zero-order valence-electron chi connectivity index (χ0n) is 13.1. The Morgan fingerprint density at radius 1 is 0.870 bits per heavy atom. The summed E-state index contributed by atoms with van der Waals surface area (Å²) in [7, 11) is 0. The van der Waals surface area contributed by atoms with Gasteiger partial charge in [0.2, 0.25) is 0 Å². The predicted molar refractivity (Wildman–Crippen MR) is 87.5 cm³/mol. The summed E-state index contributed by atoms with van der Waals surface area (Å²) in [5.41, 5.74) is 2.02. The lowest BCUT2D eigenvalue weighted by atomic mass is 10.1. The van der Waals surface area contributed by atoms with Crippen LogP contribution in [0.5, 0.6) is 11.5 Å².